The number of rotatable bonds is 10. The van der Waals surface area contributed by atoms with Crippen molar-refractivity contribution in [3.05, 3.63) is 12.7 Å². The number of carbonyl (C=O) groups excluding carboxylic acids is 4. The number of hydrogen-bond acceptors (Lipinski definition) is 7. The molecule has 4 amide bonds. The topological polar surface area (TPSA) is 162 Å². The van der Waals surface area contributed by atoms with Gasteiger partial charge in [-0.25, -0.2) is 8.42 Å². The molecule has 4 fully saturated rings. The van der Waals surface area contributed by atoms with Gasteiger partial charge in [-0.15, -0.1) is 6.58 Å². The molecule has 0 aromatic carbocycles. The SMILES string of the molecule is C=CC1C[C@]1(NC(=O)[C@@H]1C[C@@H](O)CN1C(=O)[C@@H](NC(=O)CC1CC1)C(C)(C)C)C(=O)NS(=O)(=O)C1CC1. The Kier molecular flexibility index (Phi) is 7.21. The van der Waals surface area contributed by atoms with Crippen LogP contribution < -0.4 is 15.4 Å². The molecule has 1 unspecified atom stereocenters. The molecule has 37 heavy (non-hydrogen) atoms. The van der Waals surface area contributed by atoms with Crippen molar-refractivity contribution in [3.8, 4) is 0 Å². The fraction of sp³-hybridized carbons (Fsp3) is 0.760. The summed E-state index contributed by atoms with van der Waals surface area (Å²) in [5, 5.41) is 15.3. The maximum atomic E-state index is 13.6. The molecule has 5 atom stereocenters. The number of likely N-dealkylation sites (tertiary alicyclic amines) is 1. The lowest BCUT2D eigenvalue weighted by molar-refractivity contribution is -0.144. The molecule has 3 aliphatic carbocycles. The summed E-state index contributed by atoms with van der Waals surface area (Å²) >= 11 is 0. The maximum Gasteiger partial charge on any atom is 0.259 e. The summed E-state index contributed by atoms with van der Waals surface area (Å²) in [7, 11) is -3.82. The maximum absolute atomic E-state index is 13.6. The van der Waals surface area contributed by atoms with Gasteiger partial charge in [0.25, 0.3) is 5.91 Å². The molecule has 3 saturated carbocycles. The first-order valence-corrected chi connectivity index (χ1v) is 14.5. The largest absolute Gasteiger partial charge is 0.391 e. The Bertz CT molecular complexity index is 1090. The Hall–Kier alpha value is -2.47. The average Bonchev–Trinajstić information content (AvgIpc) is 3.66. The summed E-state index contributed by atoms with van der Waals surface area (Å²) in [6.07, 6.45) is 3.96. The molecule has 0 bridgehead atoms. The third kappa shape index (κ3) is 6.00. The normalized spacial score (nSPS) is 30.3. The van der Waals surface area contributed by atoms with Crippen molar-refractivity contribution in [2.75, 3.05) is 6.54 Å². The smallest absolute Gasteiger partial charge is 0.259 e. The van der Waals surface area contributed by atoms with Crippen LogP contribution in [0, 0.1) is 17.3 Å². The van der Waals surface area contributed by atoms with Gasteiger partial charge in [0.05, 0.1) is 11.4 Å². The van der Waals surface area contributed by atoms with Crippen LogP contribution >= 0.6 is 0 Å². The predicted octanol–water partition coefficient (Wildman–Crippen LogP) is -0.0515. The van der Waals surface area contributed by atoms with Gasteiger partial charge in [0, 0.05) is 25.3 Å². The molecule has 0 radical (unpaired) electrons. The van der Waals surface area contributed by atoms with Crippen LogP contribution in [0.3, 0.4) is 0 Å². The Morgan fingerprint density at radius 1 is 1.16 bits per heavy atom. The van der Waals surface area contributed by atoms with E-state index in [1.807, 2.05) is 20.8 Å². The number of sulfonamides is 1. The third-order valence-corrected chi connectivity index (χ3v) is 9.52. The van der Waals surface area contributed by atoms with E-state index in [2.05, 4.69) is 21.9 Å². The average molecular weight is 539 g/mol. The lowest BCUT2D eigenvalue weighted by Crippen LogP contribution is -2.60. The van der Waals surface area contributed by atoms with Crippen LogP contribution in [-0.4, -0.2) is 77.6 Å². The molecule has 4 N–H and O–H groups in total. The van der Waals surface area contributed by atoms with E-state index in [-0.39, 0.29) is 25.3 Å². The second-order valence-electron chi connectivity index (χ2n) is 12.1. The van der Waals surface area contributed by atoms with Crippen molar-refractivity contribution in [2.24, 2.45) is 17.3 Å². The molecule has 1 aliphatic heterocycles. The van der Waals surface area contributed by atoms with Crippen LogP contribution in [0.2, 0.25) is 0 Å². The van der Waals surface area contributed by atoms with E-state index < -0.39 is 68.1 Å². The van der Waals surface area contributed by atoms with Crippen LogP contribution in [0.15, 0.2) is 12.7 Å². The van der Waals surface area contributed by atoms with Gasteiger partial charge in [-0.2, -0.15) is 0 Å². The van der Waals surface area contributed by atoms with Crippen molar-refractivity contribution in [1.29, 1.82) is 0 Å². The number of nitrogens with one attached hydrogen (secondary N) is 3. The van der Waals surface area contributed by atoms with Crippen LogP contribution in [0.25, 0.3) is 0 Å². The standard InChI is InChI=1S/C25H38N4O7S/c1-5-15-12-25(15,23(34)28-37(35,36)17-8-9-17)27-21(32)18-11-16(30)13-29(18)22(33)20(24(2,3)4)26-19(31)10-14-6-7-14/h5,14-18,20,30H,1,6-13H2,2-4H3,(H,26,31)(H,27,32)(H,28,34)/t15?,16-,18+,20-,25-/m1/s1. The molecule has 1 saturated heterocycles. The number of carbonyl (C=O) groups is 4. The minimum atomic E-state index is -3.82. The highest BCUT2D eigenvalue weighted by Gasteiger charge is 2.62. The van der Waals surface area contributed by atoms with E-state index in [1.165, 1.54) is 11.0 Å². The van der Waals surface area contributed by atoms with Crippen LogP contribution in [0.1, 0.15) is 65.7 Å². The Balaban J connectivity index is 1.49. The fourth-order valence-corrected chi connectivity index (χ4v) is 6.31. The van der Waals surface area contributed by atoms with Gasteiger partial charge in [-0.05, 0) is 43.4 Å². The quantitative estimate of drug-likeness (QED) is 0.283. The van der Waals surface area contributed by atoms with E-state index in [0.29, 0.717) is 25.2 Å². The van der Waals surface area contributed by atoms with Gasteiger partial charge in [0.15, 0.2) is 0 Å². The van der Waals surface area contributed by atoms with E-state index in [1.54, 1.807) is 0 Å². The highest BCUT2D eigenvalue weighted by atomic mass is 32.2. The summed E-state index contributed by atoms with van der Waals surface area (Å²) < 4.78 is 26.8. The Labute approximate surface area is 217 Å². The first kappa shape index (κ1) is 27.6. The molecular weight excluding hydrogens is 500 g/mol. The van der Waals surface area contributed by atoms with Gasteiger partial charge in [-0.3, -0.25) is 23.9 Å². The predicted molar refractivity (Wildman–Crippen MR) is 134 cm³/mol. The zero-order valence-corrected chi connectivity index (χ0v) is 22.5. The van der Waals surface area contributed by atoms with Crippen molar-refractivity contribution < 1.29 is 32.7 Å². The number of hydrogen-bond donors (Lipinski definition) is 4. The van der Waals surface area contributed by atoms with E-state index in [4.69, 9.17) is 0 Å². The zero-order chi connectivity index (χ0) is 27.3. The molecule has 206 valence electrons. The third-order valence-electron chi connectivity index (χ3n) is 7.70. The first-order valence-electron chi connectivity index (χ1n) is 13.0. The lowest BCUT2D eigenvalue weighted by Gasteiger charge is -2.35. The number of amides is 4. The summed E-state index contributed by atoms with van der Waals surface area (Å²) in [6.45, 7) is 9.02. The minimum Gasteiger partial charge on any atom is -0.391 e. The number of nitrogens with zero attached hydrogens (tertiary/aromatic N) is 1. The molecule has 11 nitrogen and oxygen atoms in total. The summed E-state index contributed by atoms with van der Waals surface area (Å²) in [4.78, 5) is 53.9. The van der Waals surface area contributed by atoms with Crippen LogP contribution in [-0.2, 0) is 29.2 Å². The molecule has 1 heterocycles. The zero-order valence-electron chi connectivity index (χ0n) is 21.7. The van der Waals surface area contributed by atoms with Gasteiger partial charge >= 0.3 is 0 Å². The van der Waals surface area contributed by atoms with Gasteiger partial charge in [-0.1, -0.05) is 26.8 Å². The van der Waals surface area contributed by atoms with Crippen LogP contribution in [0.4, 0.5) is 0 Å². The first-order chi connectivity index (χ1) is 17.2. The molecule has 0 aromatic heterocycles. The monoisotopic (exact) mass is 538 g/mol. The second kappa shape index (κ2) is 9.68. The summed E-state index contributed by atoms with van der Waals surface area (Å²) in [6, 6.07) is -1.99. The van der Waals surface area contributed by atoms with Gasteiger partial charge < -0.3 is 20.6 Å². The molecule has 4 aliphatic rings. The molecule has 0 spiro atoms. The van der Waals surface area contributed by atoms with Crippen LogP contribution in [0.5, 0.6) is 0 Å². The van der Waals surface area contributed by atoms with E-state index in [0.717, 1.165) is 12.8 Å². The number of aliphatic hydroxyl groups excluding tert-OH is 1. The molecule has 0 aromatic rings. The summed E-state index contributed by atoms with van der Waals surface area (Å²) in [5.41, 5.74) is -2.14. The molecular formula is C25H38N4O7S. The molecule has 12 heteroatoms. The van der Waals surface area contributed by atoms with Crippen molar-refractivity contribution in [2.45, 2.75) is 94.7 Å². The fourth-order valence-electron chi connectivity index (χ4n) is 4.94. The summed E-state index contributed by atoms with van der Waals surface area (Å²) in [5.74, 6) is -2.33. The van der Waals surface area contributed by atoms with Gasteiger partial charge in [0.1, 0.15) is 17.6 Å². The highest BCUT2D eigenvalue weighted by molar-refractivity contribution is 7.91. The minimum absolute atomic E-state index is 0.0404. The van der Waals surface area contributed by atoms with Gasteiger partial charge in [0.2, 0.25) is 27.7 Å². The Morgan fingerprint density at radius 2 is 1.81 bits per heavy atom. The van der Waals surface area contributed by atoms with E-state index in [9.17, 15) is 32.7 Å². The second-order valence-corrected chi connectivity index (χ2v) is 14.1. The van der Waals surface area contributed by atoms with E-state index >= 15 is 0 Å². The number of β-amino-alcohol motifs (C(OH)–C–C–N with tert-alkyl or cyclic N) is 1. The van der Waals surface area contributed by atoms with Crippen molar-refractivity contribution >= 4 is 33.7 Å². The van der Waals surface area contributed by atoms with Crippen molar-refractivity contribution in [3.63, 3.8) is 0 Å². The molecule has 4 rings (SSSR count). The highest BCUT2D eigenvalue weighted by Crippen LogP contribution is 2.45. The number of aliphatic hydroxyl groups is 1. The lowest BCUT2D eigenvalue weighted by atomic mass is 9.85. The van der Waals surface area contributed by atoms with Crippen molar-refractivity contribution in [1.82, 2.24) is 20.3 Å². The Morgan fingerprint density at radius 3 is 2.32 bits per heavy atom.